The number of aryl methyl sites for hydroxylation is 1. The van der Waals surface area contributed by atoms with Crippen LogP contribution in [0.25, 0.3) is 11.3 Å². The maximum atomic E-state index is 12.9. The van der Waals surface area contributed by atoms with E-state index in [2.05, 4.69) is 19.5 Å². The van der Waals surface area contributed by atoms with Gasteiger partial charge >= 0.3 is 5.97 Å². The fourth-order valence-electron chi connectivity index (χ4n) is 2.77. The summed E-state index contributed by atoms with van der Waals surface area (Å²) >= 11 is 0. The molecule has 0 saturated heterocycles. The molecule has 0 amide bonds. The lowest BCUT2D eigenvalue weighted by Crippen LogP contribution is -2.24. The van der Waals surface area contributed by atoms with Gasteiger partial charge in [0.15, 0.2) is 0 Å². The second-order valence-corrected chi connectivity index (χ2v) is 7.83. The molecule has 0 aliphatic rings. The van der Waals surface area contributed by atoms with Gasteiger partial charge in [-0.05, 0) is 29.8 Å². The van der Waals surface area contributed by atoms with Gasteiger partial charge < -0.3 is 9.47 Å². The zero-order valence-corrected chi connectivity index (χ0v) is 16.9. The quantitative estimate of drug-likeness (QED) is 0.584. The van der Waals surface area contributed by atoms with Crippen LogP contribution in [0.15, 0.2) is 53.8 Å². The van der Waals surface area contributed by atoms with Crippen molar-refractivity contribution in [2.24, 2.45) is 7.05 Å². The minimum absolute atomic E-state index is 0.00793. The van der Waals surface area contributed by atoms with E-state index in [0.29, 0.717) is 11.3 Å². The van der Waals surface area contributed by atoms with Gasteiger partial charge in [0.1, 0.15) is 10.6 Å². The maximum Gasteiger partial charge on any atom is 0.337 e. The van der Waals surface area contributed by atoms with Crippen molar-refractivity contribution < 1.29 is 22.7 Å². The van der Waals surface area contributed by atoms with Gasteiger partial charge in [0.2, 0.25) is 10.0 Å². The van der Waals surface area contributed by atoms with Crippen LogP contribution in [0.5, 0.6) is 5.75 Å². The van der Waals surface area contributed by atoms with Crippen molar-refractivity contribution in [2.45, 2.75) is 11.4 Å². The topological polar surface area (TPSA) is 112 Å². The number of sulfonamides is 1. The number of pyridine rings is 1. The van der Waals surface area contributed by atoms with Crippen molar-refractivity contribution in [3.8, 4) is 17.0 Å². The molecule has 1 aromatic carbocycles. The summed E-state index contributed by atoms with van der Waals surface area (Å²) in [5.74, 6) is -0.529. The molecule has 0 bridgehead atoms. The van der Waals surface area contributed by atoms with Gasteiger partial charge in [-0.25, -0.2) is 17.9 Å². The molecule has 10 heteroatoms. The van der Waals surface area contributed by atoms with Crippen LogP contribution in [-0.2, 0) is 28.4 Å². The summed E-state index contributed by atoms with van der Waals surface area (Å²) in [6.07, 6.45) is 5.08. The molecule has 0 aliphatic carbocycles. The highest BCUT2D eigenvalue weighted by molar-refractivity contribution is 7.89. The van der Waals surface area contributed by atoms with E-state index in [9.17, 15) is 13.2 Å². The number of methoxy groups -OCH3 is 2. The number of benzene rings is 1. The zero-order valence-electron chi connectivity index (χ0n) is 16.1. The van der Waals surface area contributed by atoms with Crippen molar-refractivity contribution in [1.82, 2.24) is 19.5 Å². The van der Waals surface area contributed by atoms with Crippen molar-refractivity contribution in [3.05, 3.63) is 60.0 Å². The average Bonchev–Trinajstić information content (AvgIpc) is 3.17. The van der Waals surface area contributed by atoms with Gasteiger partial charge in [-0.15, -0.1) is 0 Å². The van der Waals surface area contributed by atoms with Gasteiger partial charge in [-0.1, -0.05) is 6.07 Å². The van der Waals surface area contributed by atoms with Crippen molar-refractivity contribution in [1.29, 1.82) is 0 Å². The van der Waals surface area contributed by atoms with Gasteiger partial charge in [0.25, 0.3) is 0 Å². The average molecular weight is 416 g/mol. The smallest absolute Gasteiger partial charge is 0.337 e. The zero-order chi connectivity index (χ0) is 21.0. The molecule has 0 saturated carbocycles. The molecule has 9 nitrogen and oxygen atoms in total. The number of aromatic nitrogens is 3. The van der Waals surface area contributed by atoms with Crippen LogP contribution in [-0.4, -0.2) is 43.4 Å². The number of esters is 1. The van der Waals surface area contributed by atoms with Gasteiger partial charge in [-0.2, -0.15) is 5.10 Å². The fraction of sp³-hybridized carbons (Fsp3) is 0.211. The number of carbonyl (C=O) groups excluding carboxylic acids is 1. The number of nitrogens with one attached hydrogen (secondary N) is 1. The van der Waals surface area contributed by atoms with Crippen LogP contribution >= 0.6 is 0 Å². The molecule has 2 aromatic heterocycles. The summed E-state index contributed by atoms with van der Waals surface area (Å²) in [6.45, 7) is -0.00793. The number of nitrogens with zero attached hydrogens (tertiary/aromatic N) is 3. The van der Waals surface area contributed by atoms with Gasteiger partial charge in [0, 0.05) is 31.5 Å². The first-order valence-corrected chi connectivity index (χ1v) is 10.0. The molecule has 152 valence electrons. The number of ether oxygens (including phenoxy) is 2. The number of rotatable bonds is 7. The monoisotopic (exact) mass is 416 g/mol. The van der Waals surface area contributed by atoms with Gasteiger partial charge in [-0.3, -0.25) is 9.67 Å². The number of carbonyl (C=O) groups is 1. The largest absolute Gasteiger partial charge is 0.495 e. The maximum absolute atomic E-state index is 12.9. The first-order chi connectivity index (χ1) is 13.9. The van der Waals surface area contributed by atoms with Crippen LogP contribution in [0.2, 0.25) is 0 Å². The van der Waals surface area contributed by atoms with Gasteiger partial charge in [0.05, 0.1) is 31.7 Å². The Labute approximate surface area is 168 Å². The molecule has 0 aliphatic heterocycles. The number of hydrogen-bond acceptors (Lipinski definition) is 7. The second kappa shape index (κ2) is 8.41. The summed E-state index contributed by atoms with van der Waals surface area (Å²) in [7, 11) is 0.375. The standard InChI is InChI=1S/C19H20N4O5S/c1-23-12-15(10-21-23)18-14(5-4-8-20-18)11-22-29(25,26)17-9-13(19(24)28-3)6-7-16(17)27-2/h4-10,12,22H,11H2,1-3H3. The minimum Gasteiger partial charge on any atom is -0.495 e. The molecule has 3 aromatic rings. The Morgan fingerprint density at radius 2 is 2.03 bits per heavy atom. The highest BCUT2D eigenvalue weighted by Crippen LogP contribution is 2.26. The van der Waals surface area contributed by atoms with E-state index in [0.717, 1.165) is 5.56 Å². The summed E-state index contributed by atoms with van der Waals surface area (Å²) in [4.78, 5) is 16.0. The molecule has 2 heterocycles. The lowest BCUT2D eigenvalue weighted by molar-refractivity contribution is 0.0600. The Balaban J connectivity index is 1.91. The minimum atomic E-state index is -3.99. The Bertz CT molecular complexity index is 1140. The normalized spacial score (nSPS) is 11.3. The van der Waals surface area contributed by atoms with E-state index in [1.165, 1.54) is 32.4 Å². The highest BCUT2D eigenvalue weighted by Gasteiger charge is 2.22. The molecule has 29 heavy (non-hydrogen) atoms. The van der Waals surface area contributed by atoms with Crippen molar-refractivity contribution in [2.75, 3.05) is 14.2 Å². The molecular weight excluding hydrogens is 396 g/mol. The van der Waals surface area contributed by atoms with Crippen LogP contribution in [0.4, 0.5) is 0 Å². The Hall–Kier alpha value is -3.24. The van der Waals surface area contributed by atoms with Crippen molar-refractivity contribution in [3.63, 3.8) is 0 Å². The summed E-state index contributed by atoms with van der Waals surface area (Å²) < 4.78 is 39.8. The van der Waals surface area contributed by atoms with E-state index in [1.54, 1.807) is 42.5 Å². The summed E-state index contributed by atoms with van der Waals surface area (Å²) in [6, 6.07) is 7.57. The van der Waals surface area contributed by atoms with E-state index in [4.69, 9.17) is 4.74 Å². The Kier molecular flexibility index (Phi) is 5.95. The fourth-order valence-corrected chi connectivity index (χ4v) is 3.97. The van der Waals surface area contributed by atoms with Crippen LogP contribution < -0.4 is 9.46 Å². The summed E-state index contributed by atoms with van der Waals surface area (Å²) in [5, 5.41) is 4.13. The summed E-state index contributed by atoms with van der Waals surface area (Å²) in [5.41, 5.74) is 2.17. The molecule has 0 unspecified atom stereocenters. The molecule has 3 rings (SSSR count). The molecule has 1 N–H and O–H groups in total. The third kappa shape index (κ3) is 4.44. The highest BCUT2D eigenvalue weighted by atomic mass is 32.2. The second-order valence-electron chi connectivity index (χ2n) is 6.10. The molecule has 0 fully saturated rings. The van der Waals surface area contributed by atoms with E-state index >= 15 is 0 Å². The Morgan fingerprint density at radius 1 is 1.24 bits per heavy atom. The molecule has 0 spiro atoms. The first-order valence-electron chi connectivity index (χ1n) is 8.54. The van der Waals surface area contributed by atoms with Crippen LogP contribution in [0.3, 0.4) is 0 Å². The predicted molar refractivity (Wildman–Crippen MR) is 105 cm³/mol. The predicted octanol–water partition coefficient (Wildman–Crippen LogP) is 1.76. The third-order valence-electron chi connectivity index (χ3n) is 4.20. The SMILES string of the molecule is COC(=O)c1ccc(OC)c(S(=O)(=O)NCc2cccnc2-c2cnn(C)c2)c1. The molecule has 0 atom stereocenters. The first kappa shape index (κ1) is 20.5. The number of hydrogen-bond donors (Lipinski definition) is 1. The Morgan fingerprint density at radius 3 is 2.69 bits per heavy atom. The lowest BCUT2D eigenvalue weighted by atomic mass is 10.1. The molecule has 0 radical (unpaired) electrons. The van der Waals surface area contributed by atoms with Crippen LogP contribution in [0, 0.1) is 0 Å². The third-order valence-corrected chi connectivity index (χ3v) is 5.62. The van der Waals surface area contributed by atoms with E-state index < -0.39 is 16.0 Å². The van der Waals surface area contributed by atoms with E-state index in [-0.39, 0.29) is 22.8 Å². The lowest BCUT2D eigenvalue weighted by Gasteiger charge is -2.13. The molecular formula is C19H20N4O5S. The van der Waals surface area contributed by atoms with Crippen LogP contribution in [0.1, 0.15) is 15.9 Å². The van der Waals surface area contributed by atoms with E-state index in [1.807, 2.05) is 0 Å². The van der Waals surface area contributed by atoms with Crippen molar-refractivity contribution >= 4 is 16.0 Å².